The van der Waals surface area contributed by atoms with Crippen LogP contribution in [0.4, 0.5) is 10.1 Å². The first-order valence-electron chi connectivity index (χ1n) is 5.96. The number of halogens is 1. The van der Waals surface area contributed by atoms with E-state index in [0.29, 0.717) is 5.75 Å². The summed E-state index contributed by atoms with van der Waals surface area (Å²) in [5.41, 5.74) is 0.970. The van der Waals surface area contributed by atoms with Crippen molar-refractivity contribution in [2.75, 3.05) is 12.4 Å². The molecule has 0 heterocycles. The van der Waals surface area contributed by atoms with Gasteiger partial charge in [0.25, 0.3) is 5.91 Å². The zero-order chi connectivity index (χ0) is 14.7. The summed E-state index contributed by atoms with van der Waals surface area (Å²) in [5.74, 6) is -1.05. The molecular weight excluding hydrogens is 261 g/mol. The third kappa shape index (κ3) is 2.88. The van der Waals surface area contributed by atoms with Gasteiger partial charge in [0.15, 0.2) is 0 Å². The summed E-state index contributed by atoms with van der Waals surface area (Å²) in [6, 6.07) is 8.76. The summed E-state index contributed by atoms with van der Waals surface area (Å²) >= 11 is 0. The van der Waals surface area contributed by atoms with Gasteiger partial charge in [0.2, 0.25) is 0 Å². The minimum Gasteiger partial charge on any atom is -0.506 e. The summed E-state index contributed by atoms with van der Waals surface area (Å²) in [6.07, 6.45) is 0. The fourth-order valence-electron chi connectivity index (χ4n) is 1.74. The Hall–Kier alpha value is -2.56. The lowest BCUT2D eigenvalue weighted by atomic mass is 10.1. The Labute approximate surface area is 115 Å². The molecule has 0 spiro atoms. The number of nitrogens with one attached hydrogen (secondary N) is 1. The molecule has 2 rings (SSSR count). The summed E-state index contributed by atoms with van der Waals surface area (Å²) in [7, 11) is 1.42. The number of phenols is 1. The number of aryl methyl sites for hydroxylation is 1. The van der Waals surface area contributed by atoms with Gasteiger partial charge in [-0.25, -0.2) is 4.39 Å². The molecule has 0 saturated carbocycles. The van der Waals surface area contributed by atoms with Crippen molar-refractivity contribution in [2.24, 2.45) is 0 Å². The molecule has 0 fully saturated rings. The summed E-state index contributed by atoms with van der Waals surface area (Å²) in [6.45, 7) is 1.81. The summed E-state index contributed by atoms with van der Waals surface area (Å²) in [4.78, 5) is 12.0. The number of amides is 1. The monoisotopic (exact) mass is 275 g/mol. The topological polar surface area (TPSA) is 58.6 Å². The molecule has 5 heteroatoms. The Morgan fingerprint density at radius 2 is 2.00 bits per heavy atom. The zero-order valence-corrected chi connectivity index (χ0v) is 11.1. The molecule has 2 aromatic carbocycles. The smallest absolute Gasteiger partial charge is 0.258 e. The van der Waals surface area contributed by atoms with Gasteiger partial charge in [-0.1, -0.05) is 6.07 Å². The average Bonchev–Trinajstić information content (AvgIpc) is 2.41. The van der Waals surface area contributed by atoms with Crippen LogP contribution in [0.2, 0.25) is 0 Å². The van der Waals surface area contributed by atoms with Crippen molar-refractivity contribution >= 4 is 11.6 Å². The second-order valence-corrected chi connectivity index (χ2v) is 4.32. The molecule has 2 N–H and O–H groups in total. The molecular formula is C15H14FNO3. The molecule has 104 valence electrons. The molecule has 0 unspecified atom stereocenters. The van der Waals surface area contributed by atoms with Crippen LogP contribution < -0.4 is 10.1 Å². The van der Waals surface area contributed by atoms with Crippen LogP contribution in [0.3, 0.4) is 0 Å². The van der Waals surface area contributed by atoms with E-state index in [4.69, 9.17) is 4.74 Å². The second kappa shape index (κ2) is 5.61. The van der Waals surface area contributed by atoms with Crippen molar-refractivity contribution in [3.63, 3.8) is 0 Å². The Balaban J connectivity index is 2.24. The highest BCUT2D eigenvalue weighted by Crippen LogP contribution is 2.25. The van der Waals surface area contributed by atoms with Crippen molar-refractivity contribution in [1.29, 1.82) is 0 Å². The highest BCUT2D eigenvalue weighted by Gasteiger charge is 2.14. The van der Waals surface area contributed by atoms with Crippen LogP contribution in [-0.4, -0.2) is 18.1 Å². The number of rotatable bonds is 3. The van der Waals surface area contributed by atoms with Gasteiger partial charge in [0.05, 0.1) is 18.4 Å². The van der Waals surface area contributed by atoms with Gasteiger partial charge >= 0.3 is 0 Å². The zero-order valence-electron chi connectivity index (χ0n) is 11.1. The van der Waals surface area contributed by atoms with Gasteiger partial charge in [-0.05, 0) is 36.8 Å². The molecule has 0 radical (unpaired) electrons. The number of methoxy groups -OCH3 is 1. The molecule has 0 saturated heterocycles. The quantitative estimate of drug-likeness (QED) is 0.846. The lowest BCUT2D eigenvalue weighted by Gasteiger charge is -2.09. The highest BCUT2D eigenvalue weighted by atomic mass is 19.1. The number of aromatic hydroxyl groups is 1. The van der Waals surface area contributed by atoms with Crippen LogP contribution in [0, 0.1) is 12.7 Å². The van der Waals surface area contributed by atoms with E-state index in [1.54, 1.807) is 12.1 Å². The number of ether oxygens (including phenoxy) is 1. The van der Waals surface area contributed by atoms with E-state index in [-0.39, 0.29) is 17.0 Å². The summed E-state index contributed by atoms with van der Waals surface area (Å²) < 4.78 is 18.6. The van der Waals surface area contributed by atoms with E-state index >= 15 is 0 Å². The lowest BCUT2D eigenvalue weighted by Crippen LogP contribution is -2.14. The molecule has 0 atom stereocenters. The predicted octanol–water partition coefficient (Wildman–Crippen LogP) is 3.10. The van der Waals surface area contributed by atoms with Crippen molar-refractivity contribution in [3.05, 3.63) is 53.3 Å². The van der Waals surface area contributed by atoms with Crippen molar-refractivity contribution in [2.45, 2.75) is 6.92 Å². The standard InChI is InChI=1S/C15H14FNO3/c1-9-3-6-13(14(18)7-9)17-15(19)11-5-4-10(20-2)8-12(11)16/h3-8,18H,1-2H3,(H,17,19). The van der Waals surface area contributed by atoms with Gasteiger partial charge in [0, 0.05) is 6.07 Å². The number of phenolic OH excluding ortho intramolecular Hbond substituents is 1. The van der Waals surface area contributed by atoms with E-state index in [1.165, 1.54) is 25.3 Å². The first-order chi connectivity index (χ1) is 9.51. The third-order valence-electron chi connectivity index (χ3n) is 2.82. The van der Waals surface area contributed by atoms with E-state index in [1.807, 2.05) is 6.92 Å². The van der Waals surface area contributed by atoms with Crippen LogP contribution in [0.1, 0.15) is 15.9 Å². The largest absolute Gasteiger partial charge is 0.506 e. The normalized spacial score (nSPS) is 10.2. The molecule has 20 heavy (non-hydrogen) atoms. The second-order valence-electron chi connectivity index (χ2n) is 4.32. The lowest BCUT2D eigenvalue weighted by molar-refractivity contribution is 0.102. The van der Waals surface area contributed by atoms with Gasteiger partial charge in [0.1, 0.15) is 17.3 Å². The van der Waals surface area contributed by atoms with Crippen molar-refractivity contribution in [3.8, 4) is 11.5 Å². The minimum atomic E-state index is -0.687. The van der Waals surface area contributed by atoms with Crippen LogP contribution in [0.25, 0.3) is 0 Å². The predicted molar refractivity (Wildman–Crippen MR) is 73.7 cm³/mol. The maximum Gasteiger partial charge on any atom is 0.258 e. The van der Waals surface area contributed by atoms with Crippen molar-refractivity contribution in [1.82, 2.24) is 0 Å². The highest BCUT2D eigenvalue weighted by molar-refractivity contribution is 6.05. The number of hydrogen-bond donors (Lipinski definition) is 2. The third-order valence-corrected chi connectivity index (χ3v) is 2.82. The fraction of sp³-hybridized carbons (Fsp3) is 0.133. The Morgan fingerprint density at radius 1 is 1.25 bits per heavy atom. The molecule has 0 aliphatic rings. The maximum absolute atomic E-state index is 13.8. The SMILES string of the molecule is COc1ccc(C(=O)Nc2ccc(C)cc2O)c(F)c1. The van der Waals surface area contributed by atoms with Crippen LogP contribution in [-0.2, 0) is 0 Å². The number of hydrogen-bond acceptors (Lipinski definition) is 3. The Morgan fingerprint density at radius 3 is 2.60 bits per heavy atom. The van der Waals surface area contributed by atoms with Gasteiger partial charge < -0.3 is 15.2 Å². The van der Waals surface area contributed by atoms with Gasteiger partial charge in [-0.2, -0.15) is 0 Å². The van der Waals surface area contributed by atoms with Crippen LogP contribution in [0.15, 0.2) is 36.4 Å². The van der Waals surface area contributed by atoms with E-state index < -0.39 is 11.7 Å². The maximum atomic E-state index is 13.8. The average molecular weight is 275 g/mol. The molecule has 0 bridgehead atoms. The first-order valence-corrected chi connectivity index (χ1v) is 5.96. The number of anilines is 1. The molecule has 4 nitrogen and oxygen atoms in total. The van der Waals surface area contributed by atoms with Crippen molar-refractivity contribution < 1.29 is 19.0 Å². The van der Waals surface area contributed by atoms with Gasteiger partial charge in [-0.3, -0.25) is 4.79 Å². The molecule has 0 aliphatic carbocycles. The molecule has 0 aliphatic heterocycles. The molecule has 2 aromatic rings. The van der Waals surface area contributed by atoms with Crippen LogP contribution >= 0.6 is 0 Å². The number of carbonyl (C=O) groups excluding carboxylic acids is 1. The molecule has 1 amide bonds. The van der Waals surface area contributed by atoms with Gasteiger partial charge in [-0.15, -0.1) is 0 Å². The summed E-state index contributed by atoms with van der Waals surface area (Å²) in [5, 5.41) is 12.2. The fourth-order valence-corrected chi connectivity index (χ4v) is 1.74. The number of benzene rings is 2. The number of carbonyl (C=O) groups is 1. The van der Waals surface area contributed by atoms with E-state index in [0.717, 1.165) is 11.6 Å². The Kier molecular flexibility index (Phi) is 3.89. The Bertz CT molecular complexity index is 656. The van der Waals surface area contributed by atoms with Crippen LogP contribution in [0.5, 0.6) is 11.5 Å². The van der Waals surface area contributed by atoms with E-state index in [9.17, 15) is 14.3 Å². The van der Waals surface area contributed by atoms with E-state index in [2.05, 4.69) is 5.32 Å². The minimum absolute atomic E-state index is 0.0627. The molecule has 0 aromatic heterocycles. The first kappa shape index (κ1) is 13.9.